The predicted octanol–water partition coefficient (Wildman–Crippen LogP) is 2.67. The monoisotopic (exact) mass is 318 g/mol. The first-order valence-electron chi connectivity index (χ1n) is 6.53. The van der Waals surface area contributed by atoms with E-state index in [4.69, 9.17) is 4.74 Å². The summed E-state index contributed by atoms with van der Waals surface area (Å²) in [6.07, 6.45) is -4.57. The van der Waals surface area contributed by atoms with Crippen LogP contribution in [0, 0.1) is 10.1 Å². The standard InChI is InChI=1S/C13H13F3N2O4/c14-13(15,16)12(19)17(9-4-6-22-7-5-9)10-2-1-3-11(8-10)18(20)21/h1-3,8-9H,4-7H2. The molecule has 1 amide bonds. The molecule has 1 aromatic carbocycles. The van der Waals surface area contributed by atoms with Gasteiger partial charge in [-0.1, -0.05) is 6.07 Å². The highest BCUT2D eigenvalue weighted by Crippen LogP contribution is 2.30. The van der Waals surface area contributed by atoms with Crippen molar-refractivity contribution in [2.75, 3.05) is 18.1 Å². The highest BCUT2D eigenvalue weighted by Gasteiger charge is 2.45. The van der Waals surface area contributed by atoms with Crippen LogP contribution in [0.2, 0.25) is 0 Å². The van der Waals surface area contributed by atoms with Crippen LogP contribution in [0.4, 0.5) is 24.5 Å². The Hall–Kier alpha value is -2.16. The molecule has 1 fully saturated rings. The normalized spacial score (nSPS) is 16.3. The van der Waals surface area contributed by atoms with Gasteiger partial charge < -0.3 is 9.64 Å². The Bertz CT molecular complexity index is 571. The Morgan fingerprint density at radius 2 is 1.95 bits per heavy atom. The van der Waals surface area contributed by atoms with Gasteiger partial charge in [0.2, 0.25) is 0 Å². The van der Waals surface area contributed by atoms with Crippen molar-refractivity contribution in [2.24, 2.45) is 0 Å². The van der Waals surface area contributed by atoms with Gasteiger partial charge >= 0.3 is 12.1 Å². The molecule has 0 aliphatic carbocycles. The summed E-state index contributed by atoms with van der Waals surface area (Å²) in [5.74, 6) is -2.03. The number of alkyl halides is 3. The van der Waals surface area contributed by atoms with Gasteiger partial charge in [-0.05, 0) is 18.9 Å². The minimum absolute atomic E-state index is 0.136. The van der Waals surface area contributed by atoms with Gasteiger partial charge in [-0.15, -0.1) is 0 Å². The number of anilines is 1. The number of non-ortho nitro benzene ring substituents is 1. The minimum atomic E-state index is -5.05. The number of amides is 1. The minimum Gasteiger partial charge on any atom is -0.381 e. The quantitative estimate of drug-likeness (QED) is 0.634. The van der Waals surface area contributed by atoms with Crippen molar-refractivity contribution in [3.05, 3.63) is 34.4 Å². The number of hydrogen-bond donors (Lipinski definition) is 0. The van der Waals surface area contributed by atoms with Crippen LogP contribution >= 0.6 is 0 Å². The van der Waals surface area contributed by atoms with Gasteiger partial charge in [0, 0.05) is 31.4 Å². The van der Waals surface area contributed by atoms with Gasteiger partial charge in [0.05, 0.1) is 10.6 Å². The molecule has 0 spiro atoms. The molecule has 1 aliphatic heterocycles. The number of carbonyl (C=O) groups excluding carboxylic acids is 1. The average Bonchev–Trinajstić information content (AvgIpc) is 2.48. The third-order valence-electron chi connectivity index (χ3n) is 3.34. The van der Waals surface area contributed by atoms with Crippen molar-refractivity contribution in [3.8, 4) is 0 Å². The van der Waals surface area contributed by atoms with E-state index in [1.807, 2.05) is 0 Å². The number of halogens is 3. The number of carbonyl (C=O) groups is 1. The molecule has 0 radical (unpaired) electrons. The van der Waals surface area contributed by atoms with E-state index in [2.05, 4.69) is 0 Å². The summed E-state index contributed by atoms with van der Waals surface area (Å²) in [5, 5.41) is 10.8. The van der Waals surface area contributed by atoms with Crippen molar-refractivity contribution in [1.29, 1.82) is 0 Å². The van der Waals surface area contributed by atoms with Crippen molar-refractivity contribution in [1.82, 2.24) is 0 Å². The van der Waals surface area contributed by atoms with E-state index in [-0.39, 0.29) is 37.4 Å². The number of benzene rings is 1. The van der Waals surface area contributed by atoms with Crippen LogP contribution in [-0.4, -0.2) is 36.3 Å². The fourth-order valence-electron chi connectivity index (χ4n) is 2.33. The van der Waals surface area contributed by atoms with Crippen LogP contribution < -0.4 is 4.90 Å². The lowest BCUT2D eigenvalue weighted by Gasteiger charge is -2.34. The molecular formula is C13H13F3N2O4. The zero-order valence-corrected chi connectivity index (χ0v) is 11.4. The van der Waals surface area contributed by atoms with Gasteiger partial charge in [-0.25, -0.2) is 0 Å². The number of hydrogen-bond acceptors (Lipinski definition) is 4. The second-order valence-electron chi connectivity index (χ2n) is 4.79. The number of nitrogens with zero attached hydrogens (tertiary/aromatic N) is 2. The summed E-state index contributed by atoms with van der Waals surface area (Å²) in [6, 6.07) is 3.93. The molecule has 0 bridgehead atoms. The molecule has 1 saturated heterocycles. The Morgan fingerprint density at radius 3 is 2.50 bits per heavy atom. The second kappa shape index (κ2) is 6.30. The SMILES string of the molecule is O=C(N(c1cccc([N+](=O)[O-])c1)C1CCOCC1)C(F)(F)F. The van der Waals surface area contributed by atoms with E-state index in [1.165, 1.54) is 12.1 Å². The smallest absolute Gasteiger partial charge is 0.381 e. The molecule has 0 aromatic heterocycles. The zero-order chi connectivity index (χ0) is 16.3. The summed E-state index contributed by atoms with van der Waals surface area (Å²) in [5.41, 5.74) is -0.507. The third kappa shape index (κ3) is 3.53. The number of nitro benzene ring substituents is 1. The van der Waals surface area contributed by atoms with E-state index < -0.39 is 23.0 Å². The first-order chi connectivity index (χ1) is 10.3. The largest absolute Gasteiger partial charge is 0.471 e. The lowest BCUT2D eigenvalue weighted by Crippen LogP contribution is -2.49. The summed E-state index contributed by atoms with van der Waals surface area (Å²) >= 11 is 0. The Kier molecular flexibility index (Phi) is 4.65. The maximum absolute atomic E-state index is 12.8. The predicted molar refractivity (Wildman–Crippen MR) is 70.5 cm³/mol. The number of nitro groups is 1. The summed E-state index contributed by atoms with van der Waals surface area (Å²) in [4.78, 5) is 22.4. The lowest BCUT2D eigenvalue weighted by molar-refractivity contribution is -0.384. The third-order valence-corrected chi connectivity index (χ3v) is 3.34. The van der Waals surface area contributed by atoms with Crippen molar-refractivity contribution in [3.63, 3.8) is 0 Å². The topological polar surface area (TPSA) is 72.7 Å². The number of ether oxygens (including phenoxy) is 1. The van der Waals surface area contributed by atoms with Crippen molar-refractivity contribution in [2.45, 2.75) is 25.1 Å². The molecule has 1 heterocycles. The maximum atomic E-state index is 12.8. The Morgan fingerprint density at radius 1 is 1.32 bits per heavy atom. The van der Waals surface area contributed by atoms with Crippen LogP contribution in [-0.2, 0) is 9.53 Å². The molecule has 0 N–H and O–H groups in total. The second-order valence-corrected chi connectivity index (χ2v) is 4.79. The summed E-state index contributed by atoms with van der Waals surface area (Å²) in [7, 11) is 0. The van der Waals surface area contributed by atoms with E-state index in [1.54, 1.807) is 0 Å². The van der Waals surface area contributed by atoms with E-state index in [0.29, 0.717) is 4.90 Å². The summed E-state index contributed by atoms with van der Waals surface area (Å²) in [6.45, 7) is 0.475. The fourth-order valence-corrected chi connectivity index (χ4v) is 2.33. The Balaban J connectivity index is 2.41. The van der Waals surface area contributed by atoms with Crippen LogP contribution in [0.3, 0.4) is 0 Å². The molecule has 0 saturated carbocycles. The van der Waals surface area contributed by atoms with Crippen LogP contribution in [0.1, 0.15) is 12.8 Å². The summed E-state index contributed by atoms with van der Waals surface area (Å²) < 4.78 is 43.6. The molecule has 0 atom stereocenters. The van der Waals surface area contributed by atoms with E-state index in [0.717, 1.165) is 12.1 Å². The van der Waals surface area contributed by atoms with E-state index >= 15 is 0 Å². The maximum Gasteiger partial charge on any atom is 0.471 e. The van der Waals surface area contributed by atoms with Crippen LogP contribution in [0.25, 0.3) is 0 Å². The van der Waals surface area contributed by atoms with Gasteiger partial charge in [0.15, 0.2) is 0 Å². The highest BCUT2D eigenvalue weighted by molar-refractivity contribution is 5.98. The average molecular weight is 318 g/mol. The number of rotatable bonds is 3. The molecular weight excluding hydrogens is 305 g/mol. The molecule has 6 nitrogen and oxygen atoms in total. The van der Waals surface area contributed by atoms with E-state index in [9.17, 15) is 28.1 Å². The van der Waals surface area contributed by atoms with Gasteiger partial charge in [-0.2, -0.15) is 13.2 Å². The molecule has 1 aromatic rings. The molecule has 9 heteroatoms. The molecule has 0 unspecified atom stereocenters. The lowest BCUT2D eigenvalue weighted by atomic mass is 10.1. The first kappa shape index (κ1) is 16.2. The van der Waals surface area contributed by atoms with Crippen LogP contribution in [0.15, 0.2) is 24.3 Å². The molecule has 2 rings (SSSR count). The highest BCUT2D eigenvalue weighted by atomic mass is 19.4. The first-order valence-corrected chi connectivity index (χ1v) is 6.53. The fraction of sp³-hybridized carbons (Fsp3) is 0.462. The zero-order valence-electron chi connectivity index (χ0n) is 11.4. The van der Waals surface area contributed by atoms with Crippen molar-refractivity contribution >= 4 is 17.3 Å². The van der Waals surface area contributed by atoms with Crippen molar-refractivity contribution < 1.29 is 27.6 Å². The molecule has 22 heavy (non-hydrogen) atoms. The molecule has 120 valence electrons. The van der Waals surface area contributed by atoms with Crippen LogP contribution in [0.5, 0.6) is 0 Å². The van der Waals surface area contributed by atoms with Gasteiger partial charge in [-0.3, -0.25) is 14.9 Å². The van der Waals surface area contributed by atoms with Gasteiger partial charge in [0.25, 0.3) is 5.69 Å². The van der Waals surface area contributed by atoms with Gasteiger partial charge in [0.1, 0.15) is 0 Å². The Labute approximate surface area is 123 Å². The molecule has 1 aliphatic rings.